The van der Waals surface area contributed by atoms with Crippen molar-refractivity contribution in [1.82, 2.24) is 24.5 Å². The largest absolute Gasteiger partial charge is 0.522 e. The summed E-state index contributed by atoms with van der Waals surface area (Å²) in [5.74, 6) is 0. The van der Waals surface area contributed by atoms with E-state index in [0.29, 0.717) is 0 Å². The molecule has 3 unspecified atom stereocenters. The lowest BCUT2D eigenvalue weighted by Gasteiger charge is -2.31. The van der Waals surface area contributed by atoms with Crippen LogP contribution in [0, 0.1) is 0 Å². The summed E-state index contributed by atoms with van der Waals surface area (Å²) < 4.78 is 57.5. The van der Waals surface area contributed by atoms with Crippen molar-refractivity contribution in [2.45, 2.75) is 23.9 Å². The van der Waals surface area contributed by atoms with Crippen molar-refractivity contribution >= 4 is 21.7 Å². The van der Waals surface area contributed by atoms with Gasteiger partial charge < -0.3 is 19.6 Å². The predicted octanol–water partition coefficient (Wildman–Crippen LogP) is 1.15. The maximum Gasteiger partial charge on any atom is 0.522 e. The molecule has 2 fully saturated rings. The molecule has 1 N–H and O–H groups in total. The second kappa shape index (κ2) is 13.5. The van der Waals surface area contributed by atoms with Gasteiger partial charge in [-0.2, -0.15) is 21.6 Å². The van der Waals surface area contributed by atoms with E-state index in [9.17, 15) is 13.2 Å². The van der Waals surface area contributed by atoms with Crippen LogP contribution in [0.5, 0.6) is 0 Å². The molecular weight excluding hydrogens is 459 g/mol. The lowest BCUT2D eigenvalue weighted by atomic mass is 10.3. The van der Waals surface area contributed by atoms with Crippen molar-refractivity contribution in [1.29, 1.82) is 0 Å². The fourth-order valence-electron chi connectivity index (χ4n) is 3.36. The van der Waals surface area contributed by atoms with E-state index in [1.54, 1.807) is 0 Å². The van der Waals surface area contributed by atoms with Gasteiger partial charge >= 0.3 is 15.6 Å². The zero-order chi connectivity index (χ0) is 23.7. The summed E-state index contributed by atoms with van der Waals surface area (Å²) in [6.45, 7) is 12.5. The van der Waals surface area contributed by atoms with Crippen LogP contribution < -0.4 is 0 Å². The summed E-state index contributed by atoms with van der Waals surface area (Å²) in [6, 6.07) is 0. The van der Waals surface area contributed by atoms with E-state index in [1.165, 1.54) is 32.6 Å². The van der Waals surface area contributed by atoms with Crippen molar-refractivity contribution in [2.24, 2.45) is 0 Å². The molecule has 2 rings (SSSR count). The lowest BCUT2D eigenvalue weighted by Crippen LogP contribution is -2.43. The SMILES string of the molecule is CN1CCC(Cl)N2CCN(C)CCCN(CC1)CCN(C)CC2.O=S(=O)(O)C(F)(F)F. The van der Waals surface area contributed by atoms with Gasteiger partial charge in [0.25, 0.3) is 0 Å². The van der Waals surface area contributed by atoms with E-state index in [0.717, 1.165) is 52.2 Å². The summed E-state index contributed by atoms with van der Waals surface area (Å²) in [6.07, 6.45) is 2.31. The van der Waals surface area contributed by atoms with Crippen molar-refractivity contribution in [3.05, 3.63) is 0 Å². The summed E-state index contributed by atoms with van der Waals surface area (Å²) in [5.41, 5.74) is -5.38. The molecule has 3 atom stereocenters. The molecule has 0 aromatic carbocycles. The molecule has 0 spiro atoms. The van der Waals surface area contributed by atoms with Crippen molar-refractivity contribution < 1.29 is 26.1 Å². The molecule has 2 aliphatic heterocycles. The van der Waals surface area contributed by atoms with Gasteiger partial charge in [0.1, 0.15) is 0 Å². The van der Waals surface area contributed by atoms with E-state index in [1.807, 2.05) is 0 Å². The Morgan fingerprint density at radius 3 is 1.68 bits per heavy atom. The fraction of sp³-hybridized carbons (Fsp3) is 1.00. The standard InChI is InChI=1S/C17H36ClN5.CHF3O3S/c1-19-6-4-7-22-13-9-20(2)8-5-17(18)23(15-11-19)16-12-21(3)10-14-22;2-1(3,4)8(5,6)7/h17H,4-16H2,1-3H3;(H,5,6,7). The highest BCUT2D eigenvalue weighted by atomic mass is 35.5. The molecule has 8 nitrogen and oxygen atoms in total. The molecule has 0 aliphatic carbocycles. The minimum Gasteiger partial charge on any atom is -0.305 e. The minimum atomic E-state index is -5.84. The number of likely N-dealkylation sites (N-methyl/N-ethyl adjacent to an activating group) is 3. The van der Waals surface area contributed by atoms with Gasteiger partial charge in [0.05, 0.1) is 5.50 Å². The highest BCUT2D eigenvalue weighted by Gasteiger charge is 2.44. The van der Waals surface area contributed by atoms with Crippen LogP contribution in [-0.2, 0) is 10.1 Å². The molecule has 13 heteroatoms. The second-order valence-electron chi connectivity index (χ2n) is 8.28. The molecular formula is C18H37ClF3N5O3S. The van der Waals surface area contributed by atoms with Crippen LogP contribution in [-0.4, -0.2) is 142 Å². The zero-order valence-electron chi connectivity index (χ0n) is 18.7. The van der Waals surface area contributed by atoms with Gasteiger partial charge in [-0.15, -0.1) is 11.6 Å². The molecule has 2 heterocycles. The number of rotatable bonds is 0. The first-order valence-corrected chi connectivity index (χ1v) is 12.4. The average Bonchev–Trinajstić information content (AvgIpc) is 2.67. The maximum absolute atomic E-state index is 10.7. The maximum atomic E-state index is 10.7. The smallest absolute Gasteiger partial charge is 0.305 e. The van der Waals surface area contributed by atoms with E-state index < -0.39 is 15.6 Å². The van der Waals surface area contributed by atoms with Crippen molar-refractivity contribution in [2.75, 3.05) is 93.1 Å². The fourth-order valence-corrected chi connectivity index (χ4v) is 3.65. The second-order valence-corrected chi connectivity index (χ2v) is 10.2. The molecule has 31 heavy (non-hydrogen) atoms. The number of hydrogen-bond donors (Lipinski definition) is 1. The van der Waals surface area contributed by atoms with Gasteiger partial charge in [-0.05, 0) is 47.1 Å². The summed E-state index contributed by atoms with van der Waals surface area (Å²) >= 11 is 6.75. The Balaban J connectivity index is 0.000000512. The van der Waals surface area contributed by atoms with Gasteiger partial charge in [-0.3, -0.25) is 9.45 Å². The van der Waals surface area contributed by atoms with Crippen LogP contribution in [0.2, 0.25) is 0 Å². The molecule has 186 valence electrons. The van der Waals surface area contributed by atoms with E-state index in [4.69, 9.17) is 24.6 Å². The quantitative estimate of drug-likeness (QED) is 0.176. The molecule has 2 bridgehead atoms. The summed E-state index contributed by atoms with van der Waals surface area (Å²) in [5, 5.41) is 0. The topological polar surface area (TPSA) is 70.6 Å². The first kappa shape index (κ1) is 28.8. The van der Waals surface area contributed by atoms with Crippen LogP contribution >= 0.6 is 11.6 Å². The molecule has 0 saturated carbocycles. The predicted molar refractivity (Wildman–Crippen MR) is 117 cm³/mol. The summed E-state index contributed by atoms with van der Waals surface area (Å²) in [4.78, 5) is 12.5. The lowest BCUT2D eigenvalue weighted by molar-refractivity contribution is -0.0510. The van der Waals surface area contributed by atoms with Crippen LogP contribution in [0.1, 0.15) is 12.8 Å². The Kier molecular flexibility index (Phi) is 12.5. The van der Waals surface area contributed by atoms with Gasteiger partial charge in [0.2, 0.25) is 0 Å². The van der Waals surface area contributed by atoms with Gasteiger partial charge in [-0.1, -0.05) is 0 Å². The third kappa shape index (κ3) is 12.0. The Morgan fingerprint density at radius 1 is 0.774 bits per heavy atom. The minimum absolute atomic E-state index is 0.152. The Labute approximate surface area is 189 Å². The number of halogens is 4. The zero-order valence-corrected chi connectivity index (χ0v) is 20.3. The average molecular weight is 496 g/mol. The molecule has 0 aromatic heterocycles. The van der Waals surface area contributed by atoms with Crippen molar-refractivity contribution in [3.63, 3.8) is 0 Å². The van der Waals surface area contributed by atoms with Crippen LogP contribution in [0.4, 0.5) is 13.2 Å². The van der Waals surface area contributed by atoms with Gasteiger partial charge in [0, 0.05) is 58.9 Å². The molecule has 0 aromatic rings. The summed E-state index contributed by atoms with van der Waals surface area (Å²) in [7, 11) is 0.888. The number of nitrogens with zero attached hydrogens (tertiary/aromatic N) is 5. The van der Waals surface area contributed by atoms with Crippen LogP contribution in [0.15, 0.2) is 0 Å². The number of hydrogen-bond acceptors (Lipinski definition) is 7. The first-order chi connectivity index (χ1) is 14.3. The Hall–Kier alpha value is -0.210. The van der Waals surface area contributed by atoms with Gasteiger partial charge in [-0.25, -0.2) is 0 Å². The first-order valence-electron chi connectivity index (χ1n) is 10.5. The highest BCUT2D eigenvalue weighted by Crippen LogP contribution is 2.20. The molecule has 0 amide bonds. The monoisotopic (exact) mass is 495 g/mol. The van der Waals surface area contributed by atoms with Crippen LogP contribution in [0.25, 0.3) is 0 Å². The van der Waals surface area contributed by atoms with E-state index in [-0.39, 0.29) is 5.50 Å². The molecule has 2 aliphatic rings. The molecule has 0 radical (unpaired) electrons. The van der Waals surface area contributed by atoms with Gasteiger partial charge in [0.15, 0.2) is 0 Å². The molecule has 2 saturated heterocycles. The highest BCUT2D eigenvalue weighted by molar-refractivity contribution is 7.86. The normalized spacial score (nSPS) is 29.7. The van der Waals surface area contributed by atoms with E-state index in [2.05, 4.69) is 45.6 Å². The Morgan fingerprint density at radius 2 is 1.19 bits per heavy atom. The third-order valence-electron chi connectivity index (χ3n) is 5.59. The third-order valence-corrected chi connectivity index (χ3v) is 6.66. The number of alkyl halides is 4. The van der Waals surface area contributed by atoms with E-state index >= 15 is 0 Å². The Bertz CT molecular complexity index is 613. The van der Waals surface area contributed by atoms with Crippen molar-refractivity contribution in [3.8, 4) is 0 Å². The number of fused-ring (bicyclic) bond motifs is 6. The van der Waals surface area contributed by atoms with Crippen LogP contribution in [0.3, 0.4) is 0 Å².